The fourth-order valence-electron chi connectivity index (χ4n) is 1.04. The van der Waals surface area contributed by atoms with Crippen molar-refractivity contribution in [2.24, 2.45) is 0 Å². The molecule has 16 heavy (non-hydrogen) atoms. The average Bonchev–Trinajstić information content (AvgIpc) is 2.14. The summed E-state index contributed by atoms with van der Waals surface area (Å²) >= 11 is 0. The zero-order valence-electron chi connectivity index (χ0n) is 11.9. The van der Waals surface area contributed by atoms with Crippen molar-refractivity contribution in [1.29, 1.82) is 0 Å². The lowest BCUT2D eigenvalue weighted by atomic mass is 10.2. The molecule has 0 atom stereocenters. The second-order valence-corrected chi connectivity index (χ2v) is 10.7. The van der Waals surface area contributed by atoms with E-state index < -0.39 is 8.32 Å². The topological polar surface area (TPSA) is 9.23 Å². The predicted molar refractivity (Wildman–Crippen MR) is 75.1 cm³/mol. The van der Waals surface area contributed by atoms with Gasteiger partial charge in [0.05, 0.1) is 6.61 Å². The van der Waals surface area contributed by atoms with E-state index in [9.17, 15) is 0 Å². The van der Waals surface area contributed by atoms with Crippen LogP contribution in [0.25, 0.3) is 0 Å². The number of hydrogen-bond donors (Lipinski definition) is 0. The third-order valence-corrected chi connectivity index (χ3v) is 7.82. The third kappa shape index (κ3) is 6.35. The molecule has 0 bridgehead atoms. The highest BCUT2D eigenvalue weighted by molar-refractivity contribution is 6.74. The van der Waals surface area contributed by atoms with Crippen molar-refractivity contribution < 1.29 is 4.43 Å². The van der Waals surface area contributed by atoms with Crippen LogP contribution in [0.3, 0.4) is 0 Å². The van der Waals surface area contributed by atoms with E-state index in [0.29, 0.717) is 6.61 Å². The van der Waals surface area contributed by atoms with Gasteiger partial charge in [0, 0.05) is 6.42 Å². The fraction of sp³-hybridized carbons (Fsp3) is 0.857. The van der Waals surface area contributed by atoms with Gasteiger partial charge in [0.25, 0.3) is 0 Å². The Labute approximate surface area is 103 Å². The van der Waals surface area contributed by atoms with Crippen LogP contribution in [0.15, 0.2) is 0 Å². The van der Waals surface area contributed by atoms with Crippen LogP contribution in [0, 0.1) is 11.8 Å². The molecule has 0 aromatic rings. The molecule has 0 N–H and O–H groups in total. The highest BCUT2D eigenvalue weighted by Gasteiger charge is 2.36. The fourth-order valence-corrected chi connectivity index (χ4v) is 1.90. The van der Waals surface area contributed by atoms with E-state index in [1.807, 2.05) is 0 Å². The van der Waals surface area contributed by atoms with E-state index in [1.54, 1.807) is 0 Å². The average molecular weight is 240 g/mol. The van der Waals surface area contributed by atoms with Crippen molar-refractivity contribution >= 4 is 8.32 Å². The minimum atomic E-state index is -1.58. The maximum absolute atomic E-state index is 5.97. The summed E-state index contributed by atoms with van der Waals surface area (Å²) in [6, 6.07) is 0. The zero-order valence-corrected chi connectivity index (χ0v) is 12.9. The summed E-state index contributed by atoms with van der Waals surface area (Å²) in [6.07, 6.45) is 4.80. The Bertz CT molecular complexity index is 240. The monoisotopic (exact) mass is 240 g/mol. The van der Waals surface area contributed by atoms with Gasteiger partial charge in [-0.3, -0.25) is 0 Å². The molecule has 0 heterocycles. The molecule has 0 radical (unpaired) electrons. The smallest absolute Gasteiger partial charge is 0.193 e. The first-order valence-corrected chi connectivity index (χ1v) is 9.32. The number of unbranched alkanes of at least 4 members (excludes halogenated alkanes) is 3. The van der Waals surface area contributed by atoms with Crippen LogP contribution in [-0.4, -0.2) is 14.9 Å². The molecular weight excluding hydrogens is 212 g/mol. The summed E-state index contributed by atoms with van der Waals surface area (Å²) in [7, 11) is -1.58. The van der Waals surface area contributed by atoms with Gasteiger partial charge in [-0.25, -0.2) is 0 Å². The summed E-state index contributed by atoms with van der Waals surface area (Å²) in [5, 5.41) is 0.289. The van der Waals surface area contributed by atoms with Crippen molar-refractivity contribution in [1.82, 2.24) is 0 Å². The third-order valence-electron chi connectivity index (χ3n) is 3.34. The first-order valence-electron chi connectivity index (χ1n) is 6.41. The Morgan fingerprint density at radius 2 is 1.69 bits per heavy atom. The van der Waals surface area contributed by atoms with Crippen LogP contribution >= 0.6 is 0 Å². The standard InChI is InChI=1S/C14H28OSi/c1-7-8-9-10-11-12-13-15-16(5,6)14(2,3)4/h7-10,13H2,1-6H3. The second kappa shape index (κ2) is 7.14. The van der Waals surface area contributed by atoms with Crippen molar-refractivity contribution in [3.63, 3.8) is 0 Å². The van der Waals surface area contributed by atoms with Gasteiger partial charge < -0.3 is 4.43 Å². The molecule has 0 aromatic heterocycles. The molecule has 0 saturated heterocycles. The summed E-state index contributed by atoms with van der Waals surface area (Å²) in [5.41, 5.74) is 0. The Kier molecular flexibility index (Phi) is 7.02. The van der Waals surface area contributed by atoms with E-state index in [2.05, 4.69) is 52.6 Å². The molecule has 0 saturated carbocycles. The van der Waals surface area contributed by atoms with E-state index in [-0.39, 0.29) is 5.04 Å². The van der Waals surface area contributed by atoms with Gasteiger partial charge in [-0.05, 0) is 24.6 Å². The molecule has 94 valence electrons. The molecule has 0 fully saturated rings. The molecule has 0 aliphatic rings. The minimum absolute atomic E-state index is 0.289. The molecule has 0 unspecified atom stereocenters. The normalized spacial score (nSPS) is 12.1. The lowest BCUT2D eigenvalue weighted by Crippen LogP contribution is -2.40. The second-order valence-electron chi connectivity index (χ2n) is 5.86. The lowest BCUT2D eigenvalue weighted by Gasteiger charge is -2.35. The molecule has 1 nitrogen and oxygen atoms in total. The Morgan fingerprint density at radius 1 is 1.06 bits per heavy atom. The highest BCUT2D eigenvalue weighted by Crippen LogP contribution is 2.36. The zero-order chi connectivity index (χ0) is 12.7. The molecule has 2 heteroatoms. The van der Waals surface area contributed by atoms with Crippen molar-refractivity contribution in [3.05, 3.63) is 0 Å². The Hall–Kier alpha value is -0.263. The van der Waals surface area contributed by atoms with Gasteiger partial charge in [-0.2, -0.15) is 0 Å². The molecular formula is C14H28OSi. The van der Waals surface area contributed by atoms with E-state index in [4.69, 9.17) is 4.43 Å². The minimum Gasteiger partial charge on any atom is -0.406 e. The number of rotatable bonds is 5. The first kappa shape index (κ1) is 15.7. The van der Waals surface area contributed by atoms with E-state index in [0.717, 1.165) is 6.42 Å². The maximum atomic E-state index is 5.97. The van der Waals surface area contributed by atoms with Crippen molar-refractivity contribution in [2.45, 2.75) is 71.5 Å². The maximum Gasteiger partial charge on any atom is 0.193 e. The van der Waals surface area contributed by atoms with Crippen LogP contribution in [0.5, 0.6) is 0 Å². The van der Waals surface area contributed by atoms with E-state index in [1.165, 1.54) is 19.3 Å². The predicted octanol–water partition coefficient (Wildman–Crippen LogP) is 4.59. The SMILES string of the molecule is CCCCCC#CCO[Si](C)(C)C(C)(C)C. The molecule has 0 rings (SSSR count). The van der Waals surface area contributed by atoms with Gasteiger partial charge in [-0.15, -0.1) is 5.92 Å². The van der Waals surface area contributed by atoms with Crippen LogP contribution in [-0.2, 0) is 4.43 Å². The van der Waals surface area contributed by atoms with Crippen molar-refractivity contribution in [2.75, 3.05) is 6.61 Å². The molecule has 0 aliphatic carbocycles. The quantitative estimate of drug-likeness (QED) is 0.388. The van der Waals surface area contributed by atoms with Gasteiger partial charge in [0.15, 0.2) is 8.32 Å². The summed E-state index contributed by atoms with van der Waals surface area (Å²) in [6.45, 7) is 14.1. The van der Waals surface area contributed by atoms with Gasteiger partial charge >= 0.3 is 0 Å². The lowest BCUT2D eigenvalue weighted by molar-refractivity contribution is 0.334. The first-order chi connectivity index (χ1) is 7.31. The Morgan fingerprint density at radius 3 is 2.19 bits per heavy atom. The highest BCUT2D eigenvalue weighted by atomic mass is 28.4. The van der Waals surface area contributed by atoms with Crippen LogP contribution < -0.4 is 0 Å². The molecule has 0 aromatic carbocycles. The van der Waals surface area contributed by atoms with Crippen molar-refractivity contribution in [3.8, 4) is 11.8 Å². The van der Waals surface area contributed by atoms with Crippen LogP contribution in [0.4, 0.5) is 0 Å². The van der Waals surface area contributed by atoms with E-state index >= 15 is 0 Å². The Balaban J connectivity index is 3.81. The summed E-state index contributed by atoms with van der Waals surface area (Å²) < 4.78 is 5.97. The molecule has 0 amide bonds. The molecule has 0 aliphatic heterocycles. The van der Waals surface area contributed by atoms with Gasteiger partial charge in [0.1, 0.15) is 0 Å². The molecule has 0 spiro atoms. The van der Waals surface area contributed by atoms with Gasteiger partial charge in [0.2, 0.25) is 0 Å². The van der Waals surface area contributed by atoms with Crippen LogP contribution in [0.2, 0.25) is 18.1 Å². The summed E-state index contributed by atoms with van der Waals surface area (Å²) in [5.74, 6) is 6.33. The largest absolute Gasteiger partial charge is 0.406 e. The summed E-state index contributed by atoms with van der Waals surface area (Å²) in [4.78, 5) is 0. The number of hydrogen-bond acceptors (Lipinski definition) is 1. The van der Waals surface area contributed by atoms with Gasteiger partial charge in [-0.1, -0.05) is 46.5 Å². The van der Waals surface area contributed by atoms with Crippen LogP contribution in [0.1, 0.15) is 53.4 Å².